The lowest BCUT2D eigenvalue weighted by atomic mass is 10.1. The van der Waals surface area contributed by atoms with Crippen LogP contribution in [0.5, 0.6) is 0 Å². The monoisotopic (exact) mass is 367 g/mol. The van der Waals surface area contributed by atoms with Gasteiger partial charge in [-0.1, -0.05) is 36.4 Å². The van der Waals surface area contributed by atoms with E-state index in [9.17, 15) is 0 Å². The Morgan fingerprint density at radius 3 is 2.71 bits per heavy atom. The van der Waals surface area contributed by atoms with Gasteiger partial charge in [-0.25, -0.2) is 15.0 Å². The van der Waals surface area contributed by atoms with Gasteiger partial charge in [0.15, 0.2) is 5.65 Å². The fraction of sp³-hybridized carbons (Fsp3) is 0.0952. The molecule has 0 spiro atoms. The summed E-state index contributed by atoms with van der Waals surface area (Å²) in [6.45, 7) is 2.11. The van der Waals surface area contributed by atoms with E-state index in [0.717, 1.165) is 33.5 Å². The Kier molecular flexibility index (Phi) is 3.90. The van der Waals surface area contributed by atoms with Gasteiger partial charge in [0.1, 0.15) is 12.1 Å². The van der Waals surface area contributed by atoms with E-state index in [2.05, 4.69) is 49.5 Å². The summed E-state index contributed by atoms with van der Waals surface area (Å²) in [5.41, 5.74) is 5.33. The predicted molar refractivity (Wildman–Crippen MR) is 109 cm³/mol. The van der Waals surface area contributed by atoms with Gasteiger partial charge >= 0.3 is 0 Å². The summed E-state index contributed by atoms with van der Waals surface area (Å²) in [7, 11) is 0. The first-order chi connectivity index (χ1) is 13.8. The molecule has 0 fully saturated rings. The summed E-state index contributed by atoms with van der Waals surface area (Å²) in [5.74, 6) is 0.746. The van der Waals surface area contributed by atoms with E-state index < -0.39 is 0 Å². The summed E-state index contributed by atoms with van der Waals surface area (Å²) in [4.78, 5) is 17.9. The molecular weight excluding hydrogens is 350 g/mol. The van der Waals surface area contributed by atoms with Crippen LogP contribution in [-0.2, 0) is 0 Å². The van der Waals surface area contributed by atoms with Crippen LogP contribution >= 0.6 is 0 Å². The molecule has 5 aromatic rings. The Bertz CT molecular complexity index is 1260. The average molecular weight is 367 g/mol. The molecule has 0 amide bonds. The molecule has 7 heteroatoms. The molecule has 28 heavy (non-hydrogen) atoms. The zero-order valence-corrected chi connectivity index (χ0v) is 15.2. The maximum atomic E-state index is 4.70. The number of rotatable bonds is 4. The minimum Gasteiger partial charge on any atom is -0.362 e. The minimum atomic E-state index is 0.141. The number of hydrogen-bond donors (Lipinski definition) is 2. The van der Waals surface area contributed by atoms with Crippen molar-refractivity contribution in [3.63, 3.8) is 0 Å². The van der Waals surface area contributed by atoms with Crippen molar-refractivity contribution in [3.05, 3.63) is 72.8 Å². The Balaban J connectivity index is 1.47. The van der Waals surface area contributed by atoms with E-state index >= 15 is 0 Å². The Hall–Kier alpha value is -3.87. The van der Waals surface area contributed by atoms with Crippen LogP contribution in [0.1, 0.15) is 18.5 Å². The molecule has 0 aliphatic heterocycles. The standard InChI is InChI=1S/C21H17N7/c1-13(14-5-3-2-4-6-14)26-19-11-22-18-9-15(7-8-17(18)27-19)20-16-10-25-28-21(16)24-12-23-20/h2-13H,1H3,(H,26,27)(H,23,24,25,28)/t13-/m0/s1. The zero-order valence-electron chi connectivity index (χ0n) is 15.2. The van der Waals surface area contributed by atoms with E-state index in [4.69, 9.17) is 4.98 Å². The van der Waals surface area contributed by atoms with Crippen molar-refractivity contribution >= 4 is 27.9 Å². The number of nitrogens with zero attached hydrogens (tertiary/aromatic N) is 5. The van der Waals surface area contributed by atoms with Crippen molar-refractivity contribution < 1.29 is 0 Å². The summed E-state index contributed by atoms with van der Waals surface area (Å²) in [6, 6.07) is 16.4. The van der Waals surface area contributed by atoms with Crippen LogP contribution in [0.3, 0.4) is 0 Å². The van der Waals surface area contributed by atoms with Crippen molar-refractivity contribution in [1.29, 1.82) is 0 Å². The largest absolute Gasteiger partial charge is 0.362 e. The van der Waals surface area contributed by atoms with Crippen LogP contribution < -0.4 is 5.32 Å². The van der Waals surface area contributed by atoms with Crippen LogP contribution in [-0.4, -0.2) is 30.1 Å². The number of anilines is 1. The van der Waals surface area contributed by atoms with Crippen molar-refractivity contribution in [1.82, 2.24) is 30.1 Å². The average Bonchev–Trinajstić information content (AvgIpc) is 3.23. The Morgan fingerprint density at radius 2 is 1.82 bits per heavy atom. The molecule has 5 rings (SSSR count). The highest BCUT2D eigenvalue weighted by atomic mass is 15.1. The van der Waals surface area contributed by atoms with E-state index in [0.29, 0.717) is 5.65 Å². The third-order valence-corrected chi connectivity index (χ3v) is 4.73. The summed E-state index contributed by atoms with van der Waals surface area (Å²) < 4.78 is 0. The molecule has 0 aliphatic carbocycles. The SMILES string of the molecule is C[C@H](Nc1cnc2cc(-c3ncnc4[nH]ncc34)ccc2n1)c1ccccc1. The quantitative estimate of drug-likeness (QED) is 0.496. The number of nitrogens with one attached hydrogen (secondary N) is 2. The van der Waals surface area contributed by atoms with Gasteiger partial charge in [0, 0.05) is 11.6 Å². The van der Waals surface area contributed by atoms with Crippen LogP contribution in [0.25, 0.3) is 33.3 Å². The molecule has 1 atom stereocenters. The summed E-state index contributed by atoms with van der Waals surface area (Å²) >= 11 is 0. The molecule has 0 unspecified atom stereocenters. The maximum absolute atomic E-state index is 4.70. The van der Waals surface area contributed by atoms with Gasteiger partial charge in [-0.2, -0.15) is 5.10 Å². The van der Waals surface area contributed by atoms with Crippen LogP contribution in [0.2, 0.25) is 0 Å². The van der Waals surface area contributed by atoms with Crippen molar-refractivity contribution in [2.45, 2.75) is 13.0 Å². The molecule has 136 valence electrons. The van der Waals surface area contributed by atoms with E-state index in [1.54, 1.807) is 12.4 Å². The van der Waals surface area contributed by atoms with Crippen molar-refractivity contribution in [2.24, 2.45) is 0 Å². The lowest BCUT2D eigenvalue weighted by Gasteiger charge is -2.15. The highest BCUT2D eigenvalue weighted by Crippen LogP contribution is 2.27. The Morgan fingerprint density at radius 1 is 0.929 bits per heavy atom. The first kappa shape index (κ1) is 16.3. The highest BCUT2D eigenvalue weighted by molar-refractivity contribution is 5.92. The van der Waals surface area contributed by atoms with Gasteiger partial charge in [-0.15, -0.1) is 0 Å². The van der Waals surface area contributed by atoms with E-state index in [1.807, 2.05) is 36.4 Å². The van der Waals surface area contributed by atoms with Gasteiger partial charge in [0.25, 0.3) is 0 Å². The second-order valence-electron chi connectivity index (χ2n) is 6.59. The number of H-pyrrole nitrogens is 1. The molecule has 3 aromatic heterocycles. The summed E-state index contributed by atoms with van der Waals surface area (Å²) in [6.07, 6.45) is 5.03. The first-order valence-corrected chi connectivity index (χ1v) is 9.01. The maximum Gasteiger partial charge on any atom is 0.159 e. The smallest absolute Gasteiger partial charge is 0.159 e. The molecule has 2 aromatic carbocycles. The van der Waals surface area contributed by atoms with Gasteiger partial charge in [-0.3, -0.25) is 10.1 Å². The highest BCUT2D eigenvalue weighted by Gasteiger charge is 2.11. The van der Waals surface area contributed by atoms with Gasteiger partial charge in [-0.05, 0) is 24.6 Å². The normalized spacial score (nSPS) is 12.3. The van der Waals surface area contributed by atoms with Crippen molar-refractivity contribution in [2.75, 3.05) is 5.32 Å². The second-order valence-corrected chi connectivity index (χ2v) is 6.59. The molecule has 0 aliphatic rings. The van der Waals surface area contributed by atoms with Crippen LogP contribution in [0.15, 0.2) is 67.3 Å². The number of hydrogen-bond acceptors (Lipinski definition) is 6. The van der Waals surface area contributed by atoms with Gasteiger partial charge < -0.3 is 5.32 Å². The van der Waals surface area contributed by atoms with E-state index in [-0.39, 0.29) is 6.04 Å². The van der Waals surface area contributed by atoms with E-state index in [1.165, 1.54) is 11.9 Å². The number of benzene rings is 2. The van der Waals surface area contributed by atoms with Crippen LogP contribution in [0, 0.1) is 0 Å². The first-order valence-electron chi connectivity index (χ1n) is 9.01. The fourth-order valence-electron chi connectivity index (χ4n) is 3.27. The topological polar surface area (TPSA) is 92.3 Å². The minimum absolute atomic E-state index is 0.141. The predicted octanol–water partition coefficient (Wildman–Crippen LogP) is 4.14. The fourth-order valence-corrected chi connectivity index (χ4v) is 3.27. The molecule has 7 nitrogen and oxygen atoms in total. The molecule has 2 N–H and O–H groups in total. The molecular formula is C21H17N7. The molecule has 3 heterocycles. The zero-order chi connectivity index (χ0) is 18.9. The molecule has 0 saturated heterocycles. The number of fused-ring (bicyclic) bond motifs is 2. The Labute approximate surface area is 160 Å². The van der Waals surface area contributed by atoms with Gasteiger partial charge in [0.2, 0.25) is 0 Å². The number of aromatic amines is 1. The van der Waals surface area contributed by atoms with Gasteiger partial charge in [0.05, 0.1) is 34.5 Å². The molecule has 0 bridgehead atoms. The third-order valence-electron chi connectivity index (χ3n) is 4.73. The number of aromatic nitrogens is 6. The van der Waals surface area contributed by atoms with Crippen molar-refractivity contribution in [3.8, 4) is 11.3 Å². The lowest BCUT2D eigenvalue weighted by molar-refractivity contribution is 0.874. The summed E-state index contributed by atoms with van der Waals surface area (Å²) in [5, 5.41) is 11.2. The third kappa shape index (κ3) is 2.92. The second kappa shape index (κ2) is 6.70. The lowest BCUT2D eigenvalue weighted by Crippen LogP contribution is -2.08. The van der Waals surface area contributed by atoms with Crippen LogP contribution in [0.4, 0.5) is 5.82 Å². The molecule has 0 saturated carbocycles. The molecule has 0 radical (unpaired) electrons.